The van der Waals surface area contributed by atoms with Gasteiger partial charge in [-0.3, -0.25) is 0 Å². The number of pyridine rings is 1. The van der Waals surface area contributed by atoms with Gasteiger partial charge >= 0.3 is 6.18 Å². The Bertz CT molecular complexity index is 536. The number of aliphatic hydroxyl groups is 1. The number of hydrogen-bond donors (Lipinski definition) is 2. The van der Waals surface area contributed by atoms with E-state index in [1.54, 1.807) is 4.90 Å². The first-order valence-electron chi connectivity index (χ1n) is 6.56. The molecular formula is C13H16F3N3OS. The molecular weight excluding hydrogens is 303 g/mol. The van der Waals surface area contributed by atoms with Crippen molar-refractivity contribution in [2.24, 2.45) is 11.7 Å². The van der Waals surface area contributed by atoms with Crippen LogP contribution in [0.4, 0.5) is 19.0 Å². The third-order valence-corrected chi connectivity index (χ3v) is 3.77. The number of anilines is 1. The summed E-state index contributed by atoms with van der Waals surface area (Å²) >= 11 is 4.89. The minimum Gasteiger partial charge on any atom is -0.396 e. The molecule has 0 aromatic carbocycles. The Morgan fingerprint density at radius 1 is 1.48 bits per heavy atom. The highest BCUT2D eigenvalue weighted by atomic mass is 32.1. The van der Waals surface area contributed by atoms with Crippen LogP contribution >= 0.6 is 12.2 Å². The zero-order valence-corrected chi connectivity index (χ0v) is 12.0. The van der Waals surface area contributed by atoms with Crippen molar-refractivity contribution in [3.05, 3.63) is 23.4 Å². The van der Waals surface area contributed by atoms with Crippen molar-refractivity contribution in [2.75, 3.05) is 24.6 Å². The molecule has 1 aliphatic heterocycles. The predicted octanol–water partition coefficient (Wildman–Crippen LogP) is 1.94. The molecule has 2 heterocycles. The topological polar surface area (TPSA) is 62.4 Å². The maximum atomic E-state index is 12.8. The average Bonchev–Trinajstić information content (AvgIpc) is 2.86. The maximum absolute atomic E-state index is 12.8. The van der Waals surface area contributed by atoms with Gasteiger partial charge in [-0.1, -0.05) is 12.2 Å². The number of aromatic nitrogens is 1. The highest BCUT2D eigenvalue weighted by Gasteiger charge is 2.34. The van der Waals surface area contributed by atoms with Gasteiger partial charge in [0.25, 0.3) is 0 Å². The van der Waals surface area contributed by atoms with E-state index in [2.05, 4.69) is 4.98 Å². The lowest BCUT2D eigenvalue weighted by Gasteiger charge is -2.21. The van der Waals surface area contributed by atoms with E-state index >= 15 is 0 Å². The minimum absolute atomic E-state index is 0.0248. The molecule has 0 saturated carbocycles. The minimum atomic E-state index is -4.51. The van der Waals surface area contributed by atoms with Crippen LogP contribution in [0.2, 0.25) is 0 Å². The molecule has 1 aromatic heterocycles. The van der Waals surface area contributed by atoms with Crippen LogP contribution in [0.15, 0.2) is 12.1 Å². The lowest BCUT2D eigenvalue weighted by Crippen LogP contribution is -2.26. The number of thiocarbonyl (C=S) groups is 1. The Kier molecular flexibility index (Phi) is 4.67. The van der Waals surface area contributed by atoms with E-state index in [9.17, 15) is 13.2 Å². The summed E-state index contributed by atoms with van der Waals surface area (Å²) in [6.07, 6.45) is -3.08. The summed E-state index contributed by atoms with van der Waals surface area (Å²) in [5.41, 5.74) is 4.97. The van der Waals surface area contributed by atoms with E-state index in [4.69, 9.17) is 23.1 Å². The molecule has 21 heavy (non-hydrogen) atoms. The molecule has 1 aromatic rings. The van der Waals surface area contributed by atoms with Crippen molar-refractivity contribution >= 4 is 23.0 Å². The van der Waals surface area contributed by atoms with Gasteiger partial charge in [-0.05, 0) is 30.9 Å². The fourth-order valence-electron chi connectivity index (χ4n) is 2.48. The molecule has 116 valence electrons. The summed E-state index contributed by atoms with van der Waals surface area (Å²) in [6, 6.07) is 2.16. The van der Waals surface area contributed by atoms with Crippen molar-refractivity contribution in [3.8, 4) is 0 Å². The van der Waals surface area contributed by atoms with E-state index < -0.39 is 11.9 Å². The van der Waals surface area contributed by atoms with Gasteiger partial charge in [0.05, 0.1) is 5.56 Å². The van der Waals surface area contributed by atoms with Crippen molar-refractivity contribution in [1.29, 1.82) is 0 Å². The summed E-state index contributed by atoms with van der Waals surface area (Å²) in [6.45, 7) is 1.19. The van der Waals surface area contributed by atoms with Crippen LogP contribution in [0.3, 0.4) is 0 Å². The smallest absolute Gasteiger partial charge is 0.396 e. The summed E-state index contributed by atoms with van der Waals surface area (Å²) in [4.78, 5) is 5.49. The molecule has 8 heteroatoms. The number of nitrogens with zero attached hydrogens (tertiary/aromatic N) is 2. The third kappa shape index (κ3) is 3.62. The van der Waals surface area contributed by atoms with E-state index in [-0.39, 0.29) is 23.3 Å². The zero-order valence-electron chi connectivity index (χ0n) is 11.2. The summed E-state index contributed by atoms with van der Waals surface area (Å²) in [7, 11) is 0. The molecule has 4 nitrogen and oxygen atoms in total. The molecule has 3 N–H and O–H groups in total. The molecule has 0 spiro atoms. The van der Waals surface area contributed by atoms with E-state index in [0.29, 0.717) is 25.1 Å². The fourth-order valence-corrected chi connectivity index (χ4v) is 2.64. The van der Waals surface area contributed by atoms with Gasteiger partial charge in [-0.2, -0.15) is 13.2 Å². The fraction of sp³-hybridized carbons (Fsp3) is 0.538. The van der Waals surface area contributed by atoms with Crippen LogP contribution in [-0.2, 0) is 6.18 Å². The molecule has 1 fully saturated rings. The third-order valence-electron chi connectivity index (χ3n) is 3.55. The Morgan fingerprint density at radius 3 is 2.76 bits per heavy atom. The highest BCUT2D eigenvalue weighted by molar-refractivity contribution is 7.80. The van der Waals surface area contributed by atoms with Crippen molar-refractivity contribution < 1.29 is 18.3 Å². The highest BCUT2D eigenvalue weighted by Crippen LogP contribution is 2.32. The second-order valence-corrected chi connectivity index (χ2v) is 5.48. The van der Waals surface area contributed by atoms with E-state index in [0.717, 1.165) is 12.5 Å². The first kappa shape index (κ1) is 16.0. The predicted molar refractivity (Wildman–Crippen MR) is 77.1 cm³/mol. The van der Waals surface area contributed by atoms with Crippen LogP contribution in [0.5, 0.6) is 0 Å². The molecule has 1 unspecified atom stereocenters. The molecule has 0 amide bonds. The Balaban J connectivity index is 2.34. The number of rotatable bonds is 4. The van der Waals surface area contributed by atoms with Gasteiger partial charge in [-0.15, -0.1) is 0 Å². The van der Waals surface area contributed by atoms with Crippen molar-refractivity contribution in [3.63, 3.8) is 0 Å². The number of nitrogens with two attached hydrogens (primary N) is 1. The van der Waals surface area contributed by atoms with Gasteiger partial charge in [-0.25, -0.2) is 4.98 Å². The standard InChI is InChI=1S/C13H16F3N3OS/c14-13(15,16)10-2-1-9(11(17)21)12(18-10)19-5-3-8(7-19)4-6-20/h1-2,8,20H,3-7H2,(H2,17,21). The van der Waals surface area contributed by atoms with Gasteiger partial charge in [0, 0.05) is 19.7 Å². The van der Waals surface area contributed by atoms with Crippen LogP contribution < -0.4 is 10.6 Å². The van der Waals surface area contributed by atoms with Crippen molar-refractivity contribution in [1.82, 2.24) is 4.98 Å². The van der Waals surface area contributed by atoms with Gasteiger partial charge in [0.2, 0.25) is 0 Å². The second-order valence-electron chi connectivity index (χ2n) is 5.04. The lowest BCUT2D eigenvalue weighted by atomic mass is 10.1. The van der Waals surface area contributed by atoms with E-state index in [1.807, 2.05) is 0 Å². The second kappa shape index (κ2) is 6.15. The quantitative estimate of drug-likeness (QED) is 0.831. The van der Waals surface area contributed by atoms with Crippen LogP contribution in [0.25, 0.3) is 0 Å². The molecule has 0 radical (unpaired) electrons. The summed E-state index contributed by atoms with van der Waals surface area (Å²) in [5.74, 6) is 0.420. The van der Waals surface area contributed by atoms with Gasteiger partial charge in [0.1, 0.15) is 16.5 Å². The maximum Gasteiger partial charge on any atom is 0.433 e. The molecule has 0 aliphatic carbocycles. The van der Waals surface area contributed by atoms with Crippen LogP contribution in [0.1, 0.15) is 24.1 Å². The number of alkyl halides is 3. The normalized spacial score (nSPS) is 19.0. The van der Waals surface area contributed by atoms with Crippen molar-refractivity contribution in [2.45, 2.75) is 19.0 Å². The molecule has 1 aliphatic rings. The zero-order chi connectivity index (χ0) is 15.6. The first-order valence-corrected chi connectivity index (χ1v) is 6.97. The molecule has 1 atom stereocenters. The molecule has 1 saturated heterocycles. The summed E-state index contributed by atoms with van der Waals surface area (Å²) < 4.78 is 38.4. The lowest BCUT2D eigenvalue weighted by molar-refractivity contribution is -0.141. The Morgan fingerprint density at radius 2 is 2.19 bits per heavy atom. The summed E-state index contributed by atoms with van der Waals surface area (Å²) in [5, 5.41) is 8.95. The average molecular weight is 319 g/mol. The molecule has 0 bridgehead atoms. The van der Waals surface area contributed by atoms with E-state index in [1.165, 1.54) is 6.07 Å². The van der Waals surface area contributed by atoms with Crippen LogP contribution in [-0.4, -0.2) is 34.8 Å². The van der Waals surface area contributed by atoms with Crippen LogP contribution in [0, 0.1) is 5.92 Å². The Hall–Kier alpha value is -1.41. The number of halogens is 3. The van der Waals surface area contributed by atoms with Gasteiger partial charge in [0.15, 0.2) is 0 Å². The SMILES string of the molecule is NC(=S)c1ccc(C(F)(F)F)nc1N1CCC(CCO)C1. The largest absolute Gasteiger partial charge is 0.433 e. The molecule has 2 rings (SSSR count). The number of hydrogen-bond acceptors (Lipinski definition) is 4. The number of aliphatic hydroxyl groups excluding tert-OH is 1. The van der Waals surface area contributed by atoms with Gasteiger partial charge < -0.3 is 15.7 Å². The Labute approximate surface area is 125 Å². The monoisotopic (exact) mass is 319 g/mol. The first-order chi connectivity index (χ1) is 9.82.